The maximum absolute atomic E-state index is 11.6. The fourth-order valence-corrected chi connectivity index (χ4v) is 2.17. The van der Waals surface area contributed by atoms with Crippen LogP contribution in [0.1, 0.15) is 31.5 Å². The molecule has 0 saturated carbocycles. The Labute approximate surface area is 117 Å². The van der Waals surface area contributed by atoms with E-state index in [1.807, 2.05) is 30.5 Å². The summed E-state index contributed by atoms with van der Waals surface area (Å²) < 4.78 is 1.92. The highest BCUT2D eigenvalue weighted by molar-refractivity contribution is 6.20. The first-order valence-corrected chi connectivity index (χ1v) is 6.79. The summed E-state index contributed by atoms with van der Waals surface area (Å²) in [6, 6.07) is 3.74. The standard InChI is InChI=1S/C13H17ClN4O/c1-3-15-11(19)6-8-18-12(9(2)14)17-10-5-4-7-16-13(10)18/h4-5,7,9H,3,6,8H2,1-2H3,(H,15,19). The summed E-state index contributed by atoms with van der Waals surface area (Å²) in [6.45, 7) is 4.94. The van der Waals surface area contributed by atoms with Gasteiger partial charge in [-0.2, -0.15) is 0 Å². The summed E-state index contributed by atoms with van der Waals surface area (Å²) in [7, 11) is 0. The van der Waals surface area contributed by atoms with Gasteiger partial charge in [-0.1, -0.05) is 0 Å². The zero-order valence-corrected chi connectivity index (χ0v) is 11.8. The molecule has 0 fully saturated rings. The number of nitrogens with zero attached hydrogens (tertiary/aromatic N) is 3. The van der Waals surface area contributed by atoms with Crippen molar-refractivity contribution in [2.45, 2.75) is 32.2 Å². The van der Waals surface area contributed by atoms with E-state index in [-0.39, 0.29) is 11.3 Å². The van der Waals surface area contributed by atoms with E-state index >= 15 is 0 Å². The van der Waals surface area contributed by atoms with Gasteiger partial charge in [-0.3, -0.25) is 4.79 Å². The Morgan fingerprint density at radius 3 is 3.05 bits per heavy atom. The zero-order valence-electron chi connectivity index (χ0n) is 11.1. The molecule has 0 aliphatic rings. The predicted octanol–water partition coefficient (Wildman–Crippen LogP) is 2.26. The minimum absolute atomic E-state index is 0.0217. The lowest BCUT2D eigenvalue weighted by molar-refractivity contribution is -0.121. The van der Waals surface area contributed by atoms with Crippen molar-refractivity contribution in [3.05, 3.63) is 24.2 Å². The number of nitrogens with one attached hydrogen (secondary N) is 1. The molecular formula is C13H17ClN4O. The van der Waals surface area contributed by atoms with Crippen molar-refractivity contribution in [1.29, 1.82) is 0 Å². The summed E-state index contributed by atoms with van der Waals surface area (Å²) in [5, 5.41) is 2.56. The Bertz CT molecular complexity index is 579. The van der Waals surface area contributed by atoms with E-state index in [4.69, 9.17) is 11.6 Å². The number of alkyl halides is 1. The molecule has 0 saturated heterocycles. The number of carbonyl (C=O) groups excluding carboxylic acids is 1. The number of imidazole rings is 1. The third-order valence-electron chi connectivity index (χ3n) is 2.83. The van der Waals surface area contributed by atoms with Crippen LogP contribution in [-0.4, -0.2) is 27.0 Å². The molecule has 6 heteroatoms. The largest absolute Gasteiger partial charge is 0.356 e. The minimum Gasteiger partial charge on any atom is -0.356 e. The lowest BCUT2D eigenvalue weighted by Gasteiger charge is -2.09. The van der Waals surface area contributed by atoms with Gasteiger partial charge in [-0.05, 0) is 26.0 Å². The number of halogens is 1. The molecule has 2 aromatic heterocycles. The topological polar surface area (TPSA) is 59.8 Å². The Kier molecular flexibility index (Phi) is 4.37. The lowest BCUT2D eigenvalue weighted by Crippen LogP contribution is -2.24. The van der Waals surface area contributed by atoms with E-state index in [9.17, 15) is 4.79 Å². The quantitative estimate of drug-likeness (QED) is 0.855. The molecule has 0 aromatic carbocycles. The van der Waals surface area contributed by atoms with Crippen LogP contribution in [0.5, 0.6) is 0 Å². The molecule has 5 nitrogen and oxygen atoms in total. The molecule has 1 amide bonds. The molecule has 19 heavy (non-hydrogen) atoms. The number of hydrogen-bond donors (Lipinski definition) is 1. The van der Waals surface area contributed by atoms with Crippen LogP contribution >= 0.6 is 11.6 Å². The van der Waals surface area contributed by atoms with Crippen LogP contribution in [0.25, 0.3) is 11.2 Å². The predicted molar refractivity (Wildman–Crippen MR) is 75.1 cm³/mol. The van der Waals surface area contributed by atoms with Crippen LogP contribution in [0.3, 0.4) is 0 Å². The van der Waals surface area contributed by atoms with Crippen LogP contribution in [0.4, 0.5) is 0 Å². The molecule has 1 unspecified atom stereocenters. The number of aryl methyl sites for hydroxylation is 1. The smallest absolute Gasteiger partial charge is 0.221 e. The van der Waals surface area contributed by atoms with Gasteiger partial charge in [0.15, 0.2) is 5.65 Å². The molecule has 2 heterocycles. The zero-order chi connectivity index (χ0) is 13.8. The summed E-state index contributed by atoms with van der Waals surface area (Å²) in [5.41, 5.74) is 1.58. The highest BCUT2D eigenvalue weighted by Gasteiger charge is 2.16. The van der Waals surface area contributed by atoms with E-state index in [0.717, 1.165) is 17.0 Å². The number of amides is 1. The number of rotatable bonds is 5. The maximum Gasteiger partial charge on any atom is 0.221 e. The van der Waals surface area contributed by atoms with Gasteiger partial charge in [0.1, 0.15) is 11.3 Å². The average Bonchev–Trinajstić information content (AvgIpc) is 2.75. The normalized spacial score (nSPS) is 12.6. The van der Waals surface area contributed by atoms with Gasteiger partial charge in [-0.15, -0.1) is 11.6 Å². The molecule has 2 aromatic rings. The number of fused-ring (bicyclic) bond motifs is 1. The third-order valence-corrected chi connectivity index (χ3v) is 3.02. The molecule has 2 rings (SSSR count). The summed E-state index contributed by atoms with van der Waals surface area (Å²) in [4.78, 5) is 20.3. The van der Waals surface area contributed by atoms with Crippen LogP contribution < -0.4 is 5.32 Å². The Morgan fingerprint density at radius 2 is 2.37 bits per heavy atom. The number of carbonyl (C=O) groups is 1. The third kappa shape index (κ3) is 3.04. The van der Waals surface area contributed by atoms with E-state index in [0.29, 0.717) is 19.5 Å². The van der Waals surface area contributed by atoms with Crippen LogP contribution in [0, 0.1) is 0 Å². The number of hydrogen-bond acceptors (Lipinski definition) is 3. The van der Waals surface area contributed by atoms with Crippen molar-refractivity contribution < 1.29 is 4.79 Å². The fourth-order valence-electron chi connectivity index (χ4n) is 2.00. The lowest BCUT2D eigenvalue weighted by atomic mass is 10.3. The summed E-state index contributed by atoms with van der Waals surface area (Å²) >= 11 is 6.14. The molecule has 0 aliphatic heterocycles. The van der Waals surface area contributed by atoms with Gasteiger partial charge < -0.3 is 9.88 Å². The van der Waals surface area contributed by atoms with Gasteiger partial charge in [0.05, 0.1) is 5.38 Å². The van der Waals surface area contributed by atoms with Gasteiger partial charge in [-0.25, -0.2) is 9.97 Å². The Morgan fingerprint density at radius 1 is 1.58 bits per heavy atom. The molecule has 1 N–H and O–H groups in total. The Balaban J connectivity index is 2.29. The fraction of sp³-hybridized carbons (Fsp3) is 0.462. The van der Waals surface area contributed by atoms with E-state index < -0.39 is 0 Å². The Hall–Kier alpha value is -1.62. The van der Waals surface area contributed by atoms with Crippen molar-refractivity contribution >= 4 is 28.7 Å². The van der Waals surface area contributed by atoms with Crippen molar-refractivity contribution in [3.8, 4) is 0 Å². The average molecular weight is 281 g/mol. The van der Waals surface area contributed by atoms with Crippen LogP contribution in [-0.2, 0) is 11.3 Å². The van der Waals surface area contributed by atoms with Crippen molar-refractivity contribution in [2.24, 2.45) is 0 Å². The van der Waals surface area contributed by atoms with E-state index in [1.54, 1.807) is 6.20 Å². The van der Waals surface area contributed by atoms with Gasteiger partial charge in [0.2, 0.25) is 5.91 Å². The molecule has 0 spiro atoms. The van der Waals surface area contributed by atoms with Crippen molar-refractivity contribution in [1.82, 2.24) is 19.9 Å². The minimum atomic E-state index is -0.219. The maximum atomic E-state index is 11.6. The molecule has 0 bridgehead atoms. The van der Waals surface area contributed by atoms with Crippen LogP contribution in [0.15, 0.2) is 18.3 Å². The number of pyridine rings is 1. The molecule has 0 radical (unpaired) electrons. The highest BCUT2D eigenvalue weighted by atomic mass is 35.5. The first-order valence-electron chi connectivity index (χ1n) is 6.35. The summed E-state index contributed by atoms with van der Waals surface area (Å²) in [5.74, 6) is 0.771. The first kappa shape index (κ1) is 13.8. The van der Waals surface area contributed by atoms with E-state index in [2.05, 4.69) is 15.3 Å². The second-order valence-corrected chi connectivity index (χ2v) is 4.94. The summed E-state index contributed by atoms with van der Waals surface area (Å²) in [6.07, 6.45) is 2.11. The molecular weight excluding hydrogens is 264 g/mol. The second-order valence-electron chi connectivity index (χ2n) is 4.29. The van der Waals surface area contributed by atoms with Crippen LogP contribution in [0.2, 0.25) is 0 Å². The SMILES string of the molecule is CCNC(=O)CCn1c(C(C)Cl)nc2cccnc21. The molecule has 0 aliphatic carbocycles. The molecule has 102 valence electrons. The van der Waals surface area contributed by atoms with E-state index in [1.165, 1.54) is 0 Å². The van der Waals surface area contributed by atoms with Gasteiger partial charge in [0, 0.05) is 25.7 Å². The highest BCUT2D eigenvalue weighted by Crippen LogP contribution is 2.23. The van der Waals surface area contributed by atoms with Gasteiger partial charge in [0.25, 0.3) is 0 Å². The van der Waals surface area contributed by atoms with Crippen molar-refractivity contribution in [2.75, 3.05) is 6.54 Å². The van der Waals surface area contributed by atoms with Gasteiger partial charge >= 0.3 is 0 Å². The van der Waals surface area contributed by atoms with Crippen molar-refractivity contribution in [3.63, 3.8) is 0 Å². The molecule has 1 atom stereocenters. The second kappa shape index (κ2) is 6.02. The number of aromatic nitrogens is 3. The monoisotopic (exact) mass is 280 g/mol. The first-order chi connectivity index (χ1) is 9.13.